The first kappa shape index (κ1) is 9.45. The summed E-state index contributed by atoms with van der Waals surface area (Å²) in [4.78, 5) is 12.8. The molecule has 14 heavy (non-hydrogen) atoms. The van der Waals surface area contributed by atoms with Crippen LogP contribution in [0.15, 0.2) is 11.0 Å². The second-order valence-corrected chi connectivity index (χ2v) is 3.61. The monoisotopic (exact) mass is 217 g/mol. The Labute approximate surface area is 84.7 Å². The Hall–Kier alpha value is -1.10. The minimum Gasteiger partial charge on any atom is -0.366 e. The summed E-state index contributed by atoms with van der Waals surface area (Å²) in [5, 5.41) is 5.92. The van der Waals surface area contributed by atoms with E-state index < -0.39 is 11.7 Å². The smallest absolute Gasteiger partial charge is 0.285 e. The summed E-state index contributed by atoms with van der Waals surface area (Å²) >= 11 is 5.77. The van der Waals surface area contributed by atoms with Gasteiger partial charge in [0.2, 0.25) is 0 Å². The van der Waals surface area contributed by atoms with Crippen molar-refractivity contribution in [2.75, 3.05) is 18.0 Å². The zero-order valence-corrected chi connectivity index (χ0v) is 8.09. The van der Waals surface area contributed by atoms with E-state index in [1.807, 2.05) is 0 Å². The van der Waals surface area contributed by atoms with Crippen molar-refractivity contribution < 1.29 is 4.39 Å². The summed E-state index contributed by atoms with van der Waals surface area (Å²) in [5.74, 6) is 0. The zero-order valence-electron chi connectivity index (χ0n) is 7.33. The predicted octanol–water partition coefficient (Wildman–Crippen LogP) is 0.972. The number of aromatic nitrogens is 2. The molecule has 6 heteroatoms. The lowest BCUT2D eigenvalue weighted by molar-refractivity contribution is 0.364. The average molecular weight is 218 g/mol. The van der Waals surface area contributed by atoms with Crippen molar-refractivity contribution in [3.63, 3.8) is 0 Å². The molecular weight excluding hydrogens is 209 g/mol. The number of hydrogen-bond donors (Lipinski definition) is 1. The second kappa shape index (κ2) is 3.57. The molecule has 2 heterocycles. The van der Waals surface area contributed by atoms with Gasteiger partial charge in [0.15, 0.2) is 0 Å². The van der Waals surface area contributed by atoms with E-state index in [2.05, 4.69) is 10.2 Å². The van der Waals surface area contributed by atoms with Gasteiger partial charge in [0.1, 0.15) is 11.2 Å². The van der Waals surface area contributed by atoms with E-state index in [0.717, 1.165) is 0 Å². The molecule has 1 saturated heterocycles. The van der Waals surface area contributed by atoms with Crippen LogP contribution in [0, 0.1) is 0 Å². The van der Waals surface area contributed by atoms with Gasteiger partial charge in [-0.1, -0.05) is 11.6 Å². The van der Waals surface area contributed by atoms with Crippen LogP contribution >= 0.6 is 11.6 Å². The molecule has 1 N–H and O–H groups in total. The highest BCUT2D eigenvalue weighted by atomic mass is 35.5. The molecule has 0 radical (unpaired) electrons. The minimum absolute atomic E-state index is 0.0779. The highest BCUT2D eigenvalue weighted by molar-refractivity contribution is 6.33. The van der Waals surface area contributed by atoms with Crippen molar-refractivity contribution in [1.82, 2.24) is 10.2 Å². The highest BCUT2D eigenvalue weighted by Gasteiger charge is 2.24. The zero-order chi connectivity index (χ0) is 10.1. The number of nitrogens with zero attached hydrogens (tertiary/aromatic N) is 2. The number of H-pyrrole nitrogens is 1. The number of rotatable bonds is 1. The Bertz CT molecular complexity index is 394. The lowest BCUT2D eigenvalue weighted by Crippen LogP contribution is -2.23. The Morgan fingerprint density at radius 3 is 3.14 bits per heavy atom. The summed E-state index contributed by atoms with van der Waals surface area (Å²) in [6, 6.07) is 0. The Balaban J connectivity index is 2.33. The second-order valence-electron chi connectivity index (χ2n) is 3.23. The highest BCUT2D eigenvalue weighted by Crippen LogP contribution is 2.25. The van der Waals surface area contributed by atoms with Gasteiger partial charge in [0.05, 0.1) is 11.9 Å². The Morgan fingerprint density at radius 1 is 1.71 bits per heavy atom. The van der Waals surface area contributed by atoms with Gasteiger partial charge in [-0.2, -0.15) is 5.10 Å². The largest absolute Gasteiger partial charge is 0.366 e. The third-order valence-corrected chi connectivity index (χ3v) is 2.61. The fourth-order valence-corrected chi connectivity index (χ4v) is 1.74. The molecule has 4 nitrogen and oxygen atoms in total. The number of halogens is 2. The van der Waals surface area contributed by atoms with Crippen LogP contribution in [0.25, 0.3) is 0 Å². The molecule has 0 bridgehead atoms. The van der Waals surface area contributed by atoms with Gasteiger partial charge in [-0.25, -0.2) is 9.49 Å². The van der Waals surface area contributed by atoms with Gasteiger partial charge in [0, 0.05) is 13.1 Å². The van der Waals surface area contributed by atoms with Crippen LogP contribution in [0.5, 0.6) is 0 Å². The SMILES string of the molecule is O=c1[nH]ncc(N2CC[C@@H](F)C2)c1Cl. The molecule has 1 aliphatic rings. The topological polar surface area (TPSA) is 49.0 Å². The van der Waals surface area contributed by atoms with Crippen molar-refractivity contribution in [1.29, 1.82) is 0 Å². The van der Waals surface area contributed by atoms with E-state index in [-0.39, 0.29) is 11.6 Å². The van der Waals surface area contributed by atoms with Crippen LogP contribution in [0.4, 0.5) is 10.1 Å². The summed E-state index contributed by atoms with van der Waals surface area (Å²) in [6.45, 7) is 0.858. The molecule has 0 saturated carbocycles. The van der Waals surface area contributed by atoms with Crippen molar-refractivity contribution >= 4 is 17.3 Å². The van der Waals surface area contributed by atoms with Crippen LogP contribution in [0.1, 0.15) is 6.42 Å². The Morgan fingerprint density at radius 2 is 2.50 bits per heavy atom. The van der Waals surface area contributed by atoms with Crippen molar-refractivity contribution in [2.24, 2.45) is 0 Å². The summed E-state index contributed by atoms with van der Waals surface area (Å²) < 4.78 is 12.9. The van der Waals surface area contributed by atoms with Gasteiger partial charge >= 0.3 is 0 Å². The maximum absolute atomic E-state index is 12.9. The quantitative estimate of drug-likeness (QED) is 0.763. The summed E-state index contributed by atoms with van der Waals surface area (Å²) in [5.41, 5.74) is 0.0713. The van der Waals surface area contributed by atoms with E-state index in [1.54, 1.807) is 4.90 Å². The van der Waals surface area contributed by atoms with Crippen LogP contribution in [0.2, 0.25) is 5.02 Å². The fourth-order valence-electron chi connectivity index (χ4n) is 1.53. The van der Waals surface area contributed by atoms with Gasteiger partial charge in [-0.3, -0.25) is 4.79 Å². The molecule has 1 fully saturated rings. The molecule has 0 amide bonds. The van der Waals surface area contributed by atoms with E-state index in [0.29, 0.717) is 18.7 Å². The van der Waals surface area contributed by atoms with E-state index >= 15 is 0 Å². The summed E-state index contributed by atoms with van der Waals surface area (Å²) in [6.07, 6.45) is 1.08. The molecule has 0 aliphatic carbocycles. The fraction of sp³-hybridized carbons (Fsp3) is 0.500. The molecule has 76 valence electrons. The van der Waals surface area contributed by atoms with Gasteiger partial charge in [0.25, 0.3) is 5.56 Å². The average Bonchev–Trinajstić information content (AvgIpc) is 2.57. The summed E-state index contributed by atoms with van der Waals surface area (Å²) in [7, 11) is 0. The first-order chi connectivity index (χ1) is 6.68. The molecule has 1 aromatic rings. The molecule has 0 aromatic carbocycles. The first-order valence-corrected chi connectivity index (χ1v) is 4.68. The molecule has 2 rings (SSSR count). The van der Waals surface area contributed by atoms with Gasteiger partial charge in [-0.15, -0.1) is 0 Å². The molecule has 1 aromatic heterocycles. The first-order valence-electron chi connectivity index (χ1n) is 4.30. The standard InChI is InChI=1S/C8H9ClFN3O/c9-7-6(3-11-12-8(7)14)13-2-1-5(10)4-13/h3,5H,1-2,4H2,(H,12,14)/t5-/m1/s1. The third kappa shape index (κ3) is 1.59. The van der Waals surface area contributed by atoms with Crippen LogP contribution in [-0.4, -0.2) is 29.5 Å². The number of anilines is 1. The van der Waals surface area contributed by atoms with E-state index in [9.17, 15) is 9.18 Å². The number of aromatic amines is 1. The number of nitrogens with one attached hydrogen (secondary N) is 1. The van der Waals surface area contributed by atoms with Gasteiger partial charge < -0.3 is 4.90 Å². The van der Waals surface area contributed by atoms with Gasteiger partial charge in [-0.05, 0) is 6.42 Å². The van der Waals surface area contributed by atoms with Crippen molar-refractivity contribution in [3.8, 4) is 0 Å². The van der Waals surface area contributed by atoms with Crippen molar-refractivity contribution in [3.05, 3.63) is 21.6 Å². The maximum atomic E-state index is 12.9. The molecule has 0 spiro atoms. The third-order valence-electron chi connectivity index (χ3n) is 2.25. The van der Waals surface area contributed by atoms with Crippen LogP contribution in [-0.2, 0) is 0 Å². The predicted molar refractivity (Wildman–Crippen MR) is 51.6 cm³/mol. The lowest BCUT2D eigenvalue weighted by atomic mass is 10.3. The van der Waals surface area contributed by atoms with Crippen LogP contribution in [0.3, 0.4) is 0 Å². The molecule has 0 unspecified atom stereocenters. The molecular formula is C8H9ClFN3O. The molecule has 1 atom stereocenters. The van der Waals surface area contributed by atoms with E-state index in [4.69, 9.17) is 11.6 Å². The maximum Gasteiger partial charge on any atom is 0.285 e. The lowest BCUT2D eigenvalue weighted by Gasteiger charge is -2.17. The molecule has 1 aliphatic heterocycles. The number of alkyl halides is 1. The van der Waals surface area contributed by atoms with Crippen molar-refractivity contribution in [2.45, 2.75) is 12.6 Å². The Kier molecular flexibility index (Phi) is 2.41. The number of hydrogen-bond acceptors (Lipinski definition) is 3. The normalized spacial score (nSPS) is 21.6. The minimum atomic E-state index is -0.842. The van der Waals surface area contributed by atoms with Crippen LogP contribution < -0.4 is 10.5 Å². The van der Waals surface area contributed by atoms with E-state index in [1.165, 1.54) is 6.20 Å².